The van der Waals surface area contributed by atoms with E-state index in [1.165, 1.54) is 0 Å². The fraction of sp³-hybridized carbons (Fsp3) is 0.375. The van der Waals surface area contributed by atoms with Crippen LogP contribution in [0.1, 0.15) is 30.0 Å². The Bertz CT molecular complexity index is 911. The third-order valence-corrected chi connectivity index (χ3v) is 5.41. The third kappa shape index (κ3) is 5.47. The number of nitrogens with one attached hydrogen (secondary N) is 1. The number of benzene rings is 2. The van der Waals surface area contributed by atoms with Crippen molar-refractivity contribution in [2.75, 3.05) is 25.0 Å². The molecule has 0 aliphatic carbocycles. The molecule has 1 atom stereocenters. The topological polar surface area (TPSA) is 75.7 Å². The van der Waals surface area contributed by atoms with Crippen LogP contribution >= 0.6 is 0 Å². The van der Waals surface area contributed by atoms with Gasteiger partial charge in [-0.3, -0.25) is 14.4 Å². The highest BCUT2D eigenvalue weighted by Crippen LogP contribution is 2.22. The average Bonchev–Trinajstić information content (AvgIpc) is 3.13. The van der Waals surface area contributed by atoms with E-state index in [0.29, 0.717) is 13.1 Å². The predicted octanol–water partition coefficient (Wildman–Crippen LogP) is 3.13. The first-order valence-corrected chi connectivity index (χ1v) is 10.3. The summed E-state index contributed by atoms with van der Waals surface area (Å²) in [5, 5.41) is 2.84. The van der Waals surface area contributed by atoms with Crippen LogP contribution in [0.15, 0.2) is 48.5 Å². The Morgan fingerprint density at radius 3 is 2.63 bits per heavy atom. The minimum atomic E-state index is -0.522. The molecule has 0 bridgehead atoms. The van der Waals surface area contributed by atoms with E-state index >= 15 is 0 Å². The van der Waals surface area contributed by atoms with Gasteiger partial charge < -0.3 is 15.0 Å². The van der Waals surface area contributed by atoms with Crippen molar-refractivity contribution in [3.05, 3.63) is 65.2 Å². The molecule has 1 fully saturated rings. The van der Waals surface area contributed by atoms with Gasteiger partial charge in [-0.1, -0.05) is 55.5 Å². The molecule has 2 amide bonds. The van der Waals surface area contributed by atoms with Gasteiger partial charge in [0, 0.05) is 25.2 Å². The second-order valence-electron chi connectivity index (χ2n) is 7.59. The predicted molar refractivity (Wildman–Crippen MR) is 115 cm³/mol. The Hall–Kier alpha value is -3.15. The highest BCUT2D eigenvalue weighted by atomic mass is 16.5. The molecule has 30 heavy (non-hydrogen) atoms. The zero-order valence-electron chi connectivity index (χ0n) is 17.5. The molecule has 1 heterocycles. The normalized spacial score (nSPS) is 15.9. The molecular weight excluding hydrogens is 380 g/mol. The van der Waals surface area contributed by atoms with Gasteiger partial charge >= 0.3 is 5.97 Å². The Morgan fingerprint density at radius 1 is 1.13 bits per heavy atom. The number of hydrogen-bond acceptors (Lipinski definition) is 4. The lowest BCUT2D eigenvalue weighted by Crippen LogP contribution is -2.30. The Kier molecular flexibility index (Phi) is 7.22. The number of hydrogen-bond donors (Lipinski definition) is 1. The number of para-hydroxylation sites is 1. The molecule has 0 unspecified atom stereocenters. The average molecular weight is 408 g/mol. The number of esters is 1. The molecule has 1 saturated heterocycles. The second kappa shape index (κ2) is 10.1. The van der Waals surface area contributed by atoms with Crippen LogP contribution in [-0.2, 0) is 32.0 Å². The van der Waals surface area contributed by atoms with Crippen LogP contribution in [0, 0.1) is 12.8 Å². The number of carbonyl (C=O) groups excluding carboxylic acids is 3. The molecule has 0 radical (unpaired) electrons. The van der Waals surface area contributed by atoms with Gasteiger partial charge in [0.15, 0.2) is 6.61 Å². The molecule has 1 N–H and O–H groups in total. The summed E-state index contributed by atoms with van der Waals surface area (Å²) in [5.74, 6) is -1.45. The van der Waals surface area contributed by atoms with Gasteiger partial charge in [-0.05, 0) is 36.5 Å². The van der Waals surface area contributed by atoms with Crippen molar-refractivity contribution in [3.8, 4) is 0 Å². The summed E-state index contributed by atoms with van der Waals surface area (Å²) in [6, 6.07) is 15.8. The highest BCUT2D eigenvalue weighted by molar-refractivity contribution is 5.95. The van der Waals surface area contributed by atoms with Crippen molar-refractivity contribution in [1.29, 1.82) is 0 Å². The van der Waals surface area contributed by atoms with Crippen LogP contribution in [0.25, 0.3) is 0 Å². The van der Waals surface area contributed by atoms with Crippen molar-refractivity contribution in [3.63, 3.8) is 0 Å². The van der Waals surface area contributed by atoms with Crippen molar-refractivity contribution in [2.24, 2.45) is 5.92 Å². The van der Waals surface area contributed by atoms with E-state index in [4.69, 9.17) is 4.74 Å². The molecule has 0 saturated carbocycles. The summed E-state index contributed by atoms with van der Waals surface area (Å²) >= 11 is 0. The Balaban J connectivity index is 1.47. The molecule has 6 nitrogen and oxygen atoms in total. The first-order chi connectivity index (χ1) is 14.5. The number of carbonyl (C=O) groups is 3. The van der Waals surface area contributed by atoms with Gasteiger partial charge in [0.1, 0.15) is 0 Å². The fourth-order valence-corrected chi connectivity index (χ4v) is 3.69. The minimum absolute atomic E-state index is 0.0511. The fourth-order valence-electron chi connectivity index (χ4n) is 3.69. The first kappa shape index (κ1) is 21.6. The molecule has 158 valence electrons. The lowest BCUT2D eigenvalue weighted by Gasteiger charge is -2.16. The quantitative estimate of drug-likeness (QED) is 0.681. The van der Waals surface area contributed by atoms with Crippen LogP contribution in [0.2, 0.25) is 0 Å². The largest absolute Gasteiger partial charge is 0.455 e. The number of ether oxygens (including phenoxy) is 1. The molecule has 0 aromatic heterocycles. The maximum absolute atomic E-state index is 12.4. The number of rotatable bonds is 8. The molecule has 2 aromatic rings. The van der Waals surface area contributed by atoms with Crippen LogP contribution in [-0.4, -0.2) is 42.4 Å². The van der Waals surface area contributed by atoms with Crippen molar-refractivity contribution < 1.29 is 19.1 Å². The van der Waals surface area contributed by atoms with Crippen molar-refractivity contribution in [2.45, 2.75) is 33.1 Å². The van der Waals surface area contributed by atoms with Crippen molar-refractivity contribution in [1.82, 2.24) is 4.90 Å². The standard InChI is InChI=1S/C24H28N2O4/c1-3-19-11-7-8-17(2)23(19)25-21(27)16-30-24(29)20-14-22(28)26(15-20)13-12-18-9-5-4-6-10-18/h4-11,20H,3,12-16H2,1-2H3,(H,25,27)/t20-/m1/s1. The van der Waals surface area contributed by atoms with Gasteiger partial charge in [0.25, 0.3) is 5.91 Å². The SMILES string of the molecule is CCc1cccc(C)c1NC(=O)COC(=O)[C@@H]1CC(=O)N(CCc2ccccc2)C1. The zero-order chi connectivity index (χ0) is 21.5. The monoisotopic (exact) mass is 408 g/mol. The van der Waals surface area contributed by atoms with E-state index in [-0.39, 0.29) is 24.8 Å². The zero-order valence-corrected chi connectivity index (χ0v) is 17.5. The van der Waals surface area contributed by atoms with E-state index < -0.39 is 11.9 Å². The lowest BCUT2D eigenvalue weighted by molar-refractivity contribution is -0.151. The van der Waals surface area contributed by atoms with Crippen LogP contribution < -0.4 is 5.32 Å². The number of nitrogens with zero attached hydrogens (tertiary/aromatic N) is 1. The van der Waals surface area contributed by atoms with E-state index in [9.17, 15) is 14.4 Å². The summed E-state index contributed by atoms with van der Waals surface area (Å²) in [5.41, 5.74) is 3.91. The lowest BCUT2D eigenvalue weighted by atomic mass is 10.1. The molecule has 2 aromatic carbocycles. The van der Waals surface area contributed by atoms with Gasteiger partial charge in [-0.2, -0.15) is 0 Å². The second-order valence-corrected chi connectivity index (χ2v) is 7.59. The van der Waals surface area contributed by atoms with Gasteiger partial charge in [-0.15, -0.1) is 0 Å². The van der Waals surface area contributed by atoms with E-state index in [2.05, 4.69) is 5.32 Å². The first-order valence-electron chi connectivity index (χ1n) is 10.3. The molecular formula is C24H28N2O4. The van der Waals surface area contributed by atoms with E-state index in [1.54, 1.807) is 4.90 Å². The molecule has 1 aliphatic heterocycles. The van der Waals surface area contributed by atoms with Gasteiger partial charge in [0.05, 0.1) is 5.92 Å². The molecule has 1 aliphatic rings. The van der Waals surface area contributed by atoms with Crippen LogP contribution in [0.3, 0.4) is 0 Å². The van der Waals surface area contributed by atoms with Crippen molar-refractivity contribution >= 4 is 23.5 Å². The van der Waals surface area contributed by atoms with E-state index in [0.717, 1.165) is 35.2 Å². The smallest absolute Gasteiger partial charge is 0.311 e. The Morgan fingerprint density at radius 2 is 1.90 bits per heavy atom. The minimum Gasteiger partial charge on any atom is -0.455 e. The molecule has 6 heteroatoms. The maximum atomic E-state index is 12.4. The van der Waals surface area contributed by atoms with Crippen LogP contribution in [0.4, 0.5) is 5.69 Å². The number of aryl methyl sites for hydroxylation is 2. The van der Waals surface area contributed by atoms with Crippen LogP contribution in [0.5, 0.6) is 0 Å². The summed E-state index contributed by atoms with van der Waals surface area (Å²) in [4.78, 5) is 38.6. The summed E-state index contributed by atoms with van der Waals surface area (Å²) in [6.45, 7) is 4.50. The number of amides is 2. The molecule has 0 spiro atoms. The third-order valence-electron chi connectivity index (χ3n) is 5.41. The summed E-state index contributed by atoms with van der Waals surface area (Å²) < 4.78 is 5.20. The number of likely N-dealkylation sites (tertiary alicyclic amines) is 1. The summed E-state index contributed by atoms with van der Waals surface area (Å²) in [7, 11) is 0. The van der Waals surface area contributed by atoms with Gasteiger partial charge in [0.2, 0.25) is 5.91 Å². The Labute approximate surface area is 177 Å². The maximum Gasteiger partial charge on any atom is 0.311 e. The van der Waals surface area contributed by atoms with E-state index in [1.807, 2.05) is 62.4 Å². The highest BCUT2D eigenvalue weighted by Gasteiger charge is 2.35. The van der Waals surface area contributed by atoms with Gasteiger partial charge in [-0.25, -0.2) is 0 Å². The molecule has 3 rings (SSSR count). The number of anilines is 1. The summed E-state index contributed by atoms with van der Waals surface area (Å²) in [6.07, 6.45) is 1.67.